The Labute approximate surface area is 100 Å². The van der Waals surface area contributed by atoms with Crippen LogP contribution in [0.3, 0.4) is 0 Å². The minimum absolute atomic E-state index is 0.257. The Kier molecular flexibility index (Phi) is 2.88. The first-order valence-electron chi connectivity index (χ1n) is 5.64. The maximum Gasteiger partial charge on any atom is 0.293 e. The molecule has 17 heavy (non-hydrogen) atoms. The van der Waals surface area contributed by atoms with Gasteiger partial charge in [0.25, 0.3) is 5.91 Å². The quantitative estimate of drug-likeness (QED) is 0.627. The highest BCUT2D eigenvalue weighted by Crippen LogP contribution is 2.44. The van der Waals surface area contributed by atoms with Crippen molar-refractivity contribution in [2.45, 2.75) is 32.8 Å². The number of amides is 1. The van der Waals surface area contributed by atoms with Crippen molar-refractivity contribution in [2.24, 2.45) is 10.7 Å². The first-order valence-corrected chi connectivity index (χ1v) is 5.64. The maximum atomic E-state index is 11.7. The topological polar surface area (TPSA) is 64.7 Å². The Balaban J connectivity index is 2.28. The van der Waals surface area contributed by atoms with Gasteiger partial charge in [-0.15, -0.1) is 0 Å². The van der Waals surface area contributed by atoms with E-state index in [1.165, 1.54) is 0 Å². The van der Waals surface area contributed by atoms with Crippen molar-refractivity contribution in [1.29, 1.82) is 0 Å². The molecule has 0 saturated carbocycles. The Hall–Kier alpha value is -1.84. The average molecular weight is 232 g/mol. The van der Waals surface area contributed by atoms with Gasteiger partial charge >= 0.3 is 0 Å². The van der Waals surface area contributed by atoms with Gasteiger partial charge in [-0.3, -0.25) is 4.79 Å². The fourth-order valence-corrected chi connectivity index (χ4v) is 1.91. The van der Waals surface area contributed by atoms with Gasteiger partial charge in [-0.2, -0.15) is 4.99 Å². The molecule has 0 aromatic heterocycles. The van der Waals surface area contributed by atoms with Crippen LogP contribution in [0, 0.1) is 0 Å². The number of aliphatic imine (C=N–C) groups is 1. The number of benzene rings is 1. The van der Waals surface area contributed by atoms with Gasteiger partial charge < -0.3 is 10.5 Å². The fraction of sp³-hybridized carbons (Fsp3) is 0.385. The van der Waals surface area contributed by atoms with E-state index in [-0.39, 0.29) is 11.7 Å². The van der Waals surface area contributed by atoms with Gasteiger partial charge in [0.05, 0.1) is 5.84 Å². The summed E-state index contributed by atoms with van der Waals surface area (Å²) in [5.74, 6) is 1.12. The number of carbonyl (C=O) groups is 1. The van der Waals surface area contributed by atoms with Crippen LogP contribution in [0.1, 0.15) is 43.9 Å². The molecule has 0 aliphatic carbocycles. The van der Waals surface area contributed by atoms with Crippen molar-refractivity contribution in [2.75, 3.05) is 0 Å². The third kappa shape index (κ3) is 2.02. The molecule has 1 heterocycles. The minimum atomic E-state index is -0.581. The van der Waals surface area contributed by atoms with Crippen molar-refractivity contribution in [3.63, 3.8) is 0 Å². The summed E-state index contributed by atoms with van der Waals surface area (Å²) >= 11 is 0. The van der Waals surface area contributed by atoms with E-state index >= 15 is 0 Å². The Morgan fingerprint density at radius 1 is 1.47 bits per heavy atom. The van der Waals surface area contributed by atoms with E-state index in [0.717, 1.165) is 16.9 Å². The molecule has 0 saturated heterocycles. The van der Waals surface area contributed by atoms with Crippen molar-refractivity contribution in [3.8, 4) is 5.75 Å². The van der Waals surface area contributed by atoms with Crippen LogP contribution in [0.25, 0.3) is 0 Å². The molecule has 4 nitrogen and oxygen atoms in total. The second-order valence-electron chi connectivity index (χ2n) is 4.51. The first-order chi connectivity index (χ1) is 8.00. The molecule has 1 atom stereocenters. The third-order valence-corrected chi connectivity index (χ3v) is 2.73. The van der Waals surface area contributed by atoms with Gasteiger partial charge in [0, 0.05) is 5.56 Å². The molecule has 2 N–H and O–H groups in total. The molecule has 1 aromatic carbocycles. The van der Waals surface area contributed by atoms with Crippen LogP contribution in [0.4, 0.5) is 0 Å². The van der Waals surface area contributed by atoms with Gasteiger partial charge in [0.1, 0.15) is 5.75 Å². The zero-order valence-corrected chi connectivity index (χ0v) is 10.2. The number of nitrogens with two attached hydrogens (primary N) is 1. The monoisotopic (exact) mass is 232 g/mol. The predicted molar refractivity (Wildman–Crippen MR) is 66.2 cm³/mol. The number of ether oxygens (including phenoxy) is 1. The normalized spacial score (nSPS) is 18.4. The van der Waals surface area contributed by atoms with E-state index in [1.54, 1.807) is 6.92 Å². The van der Waals surface area contributed by atoms with Gasteiger partial charge in [-0.25, -0.2) is 0 Å². The van der Waals surface area contributed by atoms with Crippen molar-refractivity contribution in [3.05, 3.63) is 29.3 Å². The molecular weight excluding hydrogens is 216 g/mol. The lowest BCUT2D eigenvalue weighted by Crippen LogP contribution is -2.28. The molecule has 4 heteroatoms. The smallest absolute Gasteiger partial charge is 0.293 e. The maximum absolute atomic E-state index is 11.7. The van der Waals surface area contributed by atoms with Gasteiger partial charge in [0.15, 0.2) is 0 Å². The van der Waals surface area contributed by atoms with Gasteiger partial charge in [-0.05, 0) is 18.4 Å². The lowest BCUT2D eigenvalue weighted by atomic mass is 9.93. The second-order valence-corrected chi connectivity index (χ2v) is 4.51. The van der Waals surface area contributed by atoms with Crippen LogP contribution in [0.15, 0.2) is 23.2 Å². The van der Waals surface area contributed by atoms with Gasteiger partial charge in [0.2, 0.25) is 6.10 Å². The summed E-state index contributed by atoms with van der Waals surface area (Å²) in [4.78, 5) is 15.4. The molecule has 90 valence electrons. The molecule has 1 aromatic rings. The number of amidine groups is 1. The molecule has 2 rings (SSSR count). The minimum Gasteiger partial charge on any atom is -0.475 e. The summed E-state index contributed by atoms with van der Waals surface area (Å²) in [6.07, 6.45) is -0.581. The van der Waals surface area contributed by atoms with Crippen molar-refractivity contribution >= 4 is 11.7 Å². The third-order valence-electron chi connectivity index (χ3n) is 2.73. The van der Waals surface area contributed by atoms with E-state index in [1.807, 2.05) is 18.2 Å². The van der Waals surface area contributed by atoms with E-state index in [4.69, 9.17) is 10.5 Å². The summed E-state index contributed by atoms with van der Waals surface area (Å²) in [7, 11) is 0. The van der Waals surface area contributed by atoms with E-state index in [0.29, 0.717) is 5.92 Å². The summed E-state index contributed by atoms with van der Waals surface area (Å²) in [6.45, 7) is 5.77. The Bertz CT molecular complexity index is 488. The van der Waals surface area contributed by atoms with E-state index < -0.39 is 6.10 Å². The summed E-state index contributed by atoms with van der Waals surface area (Å²) in [5.41, 5.74) is 7.42. The Morgan fingerprint density at radius 2 is 2.18 bits per heavy atom. The summed E-state index contributed by atoms with van der Waals surface area (Å²) in [5, 5.41) is 0. The van der Waals surface area contributed by atoms with E-state index in [2.05, 4.69) is 18.8 Å². The van der Waals surface area contributed by atoms with Crippen LogP contribution in [0.2, 0.25) is 0 Å². The number of para-hydroxylation sites is 1. The molecule has 0 spiro atoms. The molecular formula is C13H16N2O2. The largest absolute Gasteiger partial charge is 0.475 e. The number of carbonyl (C=O) groups excluding carboxylic acids is 1. The first kappa shape index (κ1) is 11.6. The number of fused-ring (bicyclic) bond motifs is 1. The molecule has 1 aliphatic heterocycles. The van der Waals surface area contributed by atoms with Crippen LogP contribution in [0.5, 0.6) is 5.75 Å². The van der Waals surface area contributed by atoms with Crippen molar-refractivity contribution in [1.82, 2.24) is 0 Å². The lowest BCUT2D eigenvalue weighted by Gasteiger charge is -2.31. The zero-order chi connectivity index (χ0) is 12.6. The number of hydrogen-bond acceptors (Lipinski definition) is 2. The van der Waals surface area contributed by atoms with Crippen LogP contribution in [-0.4, -0.2) is 11.7 Å². The lowest BCUT2D eigenvalue weighted by molar-refractivity contribution is -0.126. The van der Waals surface area contributed by atoms with Crippen molar-refractivity contribution < 1.29 is 9.53 Å². The summed E-state index contributed by atoms with van der Waals surface area (Å²) < 4.78 is 5.53. The molecule has 0 bridgehead atoms. The molecule has 1 amide bonds. The average Bonchev–Trinajstić information content (AvgIpc) is 2.17. The predicted octanol–water partition coefficient (Wildman–Crippen LogP) is 2.15. The molecule has 1 aliphatic rings. The van der Waals surface area contributed by atoms with Crippen LogP contribution in [-0.2, 0) is 4.79 Å². The van der Waals surface area contributed by atoms with E-state index in [9.17, 15) is 4.79 Å². The molecule has 0 fully saturated rings. The number of rotatable bonds is 2. The SMILES string of the molecule is CC(N)=NC(=O)C1Oc2c(C(C)C)cccc21. The van der Waals surface area contributed by atoms with Crippen LogP contribution < -0.4 is 10.5 Å². The summed E-state index contributed by atoms with van der Waals surface area (Å²) in [6, 6.07) is 5.85. The highest BCUT2D eigenvalue weighted by molar-refractivity contribution is 5.96. The zero-order valence-electron chi connectivity index (χ0n) is 10.2. The second kappa shape index (κ2) is 4.20. The molecule has 0 radical (unpaired) electrons. The standard InChI is InChI=1S/C13H16N2O2/c1-7(2)9-5-4-6-10-11(9)17-12(10)13(16)15-8(3)14/h4-7,12H,1-3H3,(H2,14,15,16). The van der Waals surface area contributed by atoms with Gasteiger partial charge in [-0.1, -0.05) is 32.0 Å². The highest BCUT2D eigenvalue weighted by atomic mass is 16.5. The number of hydrogen-bond donors (Lipinski definition) is 1. The number of nitrogens with zero attached hydrogens (tertiary/aromatic N) is 1. The fourth-order valence-electron chi connectivity index (χ4n) is 1.91. The Morgan fingerprint density at radius 3 is 2.76 bits per heavy atom. The van der Waals surface area contributed by atoms with Crippen LogP contribution >= 0.6 is 0 Å². The molecule has 1 unspecified atom stereocenters. The highest BCUT2D eigenvalue weighted by Gasteiger charge is 2.36.